The largest absolute Gasteiger partial charge is 0.478 e. The third kappa shape index (κ3) is 5.12. The van der Waals surface area contributed by atoms with Gasteiger partial charge in [-0.25, -0.2) is 4.79 Å². The summed E-state index contributed by atoms with van der Waals surface area (Å²) >= 11 is 1.55. The van der Waals surface area contributed by atoms with Gasteiger partial charge in [-0.15, -0.1) is 11.8 Å². The predicted octanol–water partition coefficient (Wildman–Crippen LogP) is 3.34. The summed E-state index contributed by atoms with van der Waals surface area (Å²) in [6, 6.07) is 5.56. The van der Waals surface area contributed by atoms with E-state index in [1.807, 2.05) is 25.1 Å². The molecule has 2 N–H and O–H groups in total. The van der Waals surface area contributed by atoms with Crippen LogP contribution in [0.1, 0.15) is 30.1 Å². The number of benzene rings is 1. The Balaban J connectivity index is 2.70. The molecule has 0 saturated heterocycles. The number of methoxy groups -OCH3 is 1. The van der Waals surface area contributed by atoms with Crippen LogP contribution in [-0.4, -0.2) is 37.1 Å². The summed E-state index contributed by atoms with van der Waals surface area (Å²) in [6.07, 6.45) is 1.92. The van der Waals surface area contributed by atoms with E-state index in [0.29, 0.717) is 11.3 Å². The Morgan fingerprint density at radius 1 is 1.42 bits per heavy atom. The molecule has 0 atom stereocenters. The standard InChI is InChI=1S/C14H21NO3S/c1-3-19-12-8-6-7-11(13(12)14(16)17)15-9-4-5-10-18-2/h6-8,15H,3-5,9-10H2,1-2H3,(H,16,17). The molecule has 1 rings (SSSR count). The molecule has 4 nitrogen and oxygen atoms in total. The molecule has 0 aromatic heterocycles. The molecule has 106 valence electrons. The van der Waals surface area contributed by atoms with Gasteiger partial charge in [0.05, 0.1) is 5.56 Å². The number of hydrogen-bond acceptors (Lipinski definition) is 4. The smallest absolute Gasteiger partial charge is 0.338 e. The molecule has 0 aliphatic rings. The van der Waals surface area contributed by atoms with E-state index in [1.165, 1.54) is 0 Å². The summed E-state index contributed by atoms with van der Waals surface area (Å²) < 4.78 is 4.98. The minimum Gasteiger partial charge on any atom is -0.478 e. The Labute approximate surface area is 118 Å². The van der Waals surface area contributed by atoms with E-state index in [4.69, 9.17) is 4.74 Å². The monoisotopic (exact) mass is 283 g/mol. The average Bonchev–Trinajstić information content (AvgIpc) is 2.38. The van der Waals surface area contributed by atoms with E-state index in [1.54, 1.807) is 18.9 Å². The molecule has 1 aromatic carbocycles. The van der Waals surface area contributed by atoms with E-state index < -0.39 is 5.97 Å². The quantitative estimate of drug-likeness (QED) is 0.538. The van der Waals surface area contributed by atoms with Crippen molar-refractivity contribution in [2.45, 2.75) is 24.7 Å². The van der Waals surface area contributed by atoms with Crippen LogP contribution >= 0.6 is 11.8 Å². The molecule has 0 unspecified atom stereocenters. The highest BCUT2D eigenvalue weighted by atomic mass is 32.2. The van der Waals surface area contributed by atoms with Crippen molar-refractivity contribution in [1.29, 1.82) is 0 Å². The maximum Gasteiger partial charge on any atom is 0.338 e. The number of carbonyl (C=O) groups is 1. The van der Waals surface area contributed by atoms with E-state index >= 15 is 0 Å². The molecule has 0 spiro atoms. The van der Waals surface area contributed by atoms with Gasteiger partial charge in [-0.1, -0.05) is 13.0 Å². The van der Waals surface area contributed by atoms with Crippen LogP contribution in [-0.2, 0) is 4.74 Å². The van der Waals surface area contributed by atoms with Crippen LogP contribution in [0.2, 0.25) is 0 Å². The molecule has 0 heterocycles. The highest BCUT2D eigenvalue weighted by molar-refractivity contribution is 7.99. The maximum atomic E-state index is 11.4. The molecular weight excluding hydrogens is 262 g/mol. The van der Waals surface area contributed by atoms with Crippen LogP contribution in [0.3, 0.4) is 0 Å². The van der Waals surface area contributed by atoms with E-state index in [-0.39, 0.29) is 0 Å². The van der Waals surface area contributed by atoms with Crippen molar-refractivity contribution in [2.75, 3.05) is 31.3 Å². The molecule has 19 heavy (non-hydrogen) atoms. The van der Waals surface area contributed by atoms with Gasteiger partial charge in [0.2, 0.25) is 0 Å². The number of unbranched alkanes of at least 4 members (excludes halogenated alkanes) is 1. The number of aromatic carboxylic acids is 1. The van der Waals surface area contributed by atoms with Gasteiger partial charge in [0.15, 0.2) is 0 Å². The fourth-order valence-corrected chi connectivity index (χ4v) is 2.60. The minimum atomic E-state index is -0.879. The van der Waals surface area contributed by atoms with Gasteiger partial charge in [-0.05, 0) is 30.7 Å². The second-order valence-electron chi connectivity index (χ2n) is 4.04. The summed E-state index contributed by atoms with van der Waals surface area (Å²) in [5.41, 5.74) is 1.07. The zero-order valence-electron chi connectivity index (χ0n) is 11.4. The van der Waals surface area contributed by atoms with Gasteiger partial charge in [-0.3, -0.25) is 0 Å². The highest BCUT2D eigenvalue weighted by Crippen LogP contribution is 2.28. The van der Waals surface area contributed by atoms with Crippen molar-refractivity contribution >= 4 is 23.4 Å². The van der Waals surface area contributed by atoms with E-state index in [9.17, 15) is 9.90 Å². The molecule has 0 fully saturated rings. The summed E-state index contributed by atoms with van der Waals surface area (Å²) in [5, 5.41) is 12.5. The van der Waals surface area contributed by atoms with Crippen LogP contribution in [0.15, 0.2) is 23.1 Å². The fraction of sp³-hybridized carbons (Fsp3) is 0.500. The number of rotatable bonds is 9. The molecule has 0 radical (unpaired) electrons. The normalized spacial score (nSPS) is 10.4. The number of hydrogen-bond donors (Lipinski definition) is 2. The number of anilines is 1. The lowest BCUT2D eigenvalue weighted by atomic mass is 10.1. The van der Waals surface area contributed by atoms with Gasteiger partial charge < -0.3 is 15.2 Å². The number of ether oxygens (including phenoxy) is 1. The first kappa shape index (κ1) is 15.9. The second kappa shape index (κ2) is 8.82. The van der Waals surface area contributed by atoms with Gasteiger partial charge in [0.25, 0.3) is 0 Å². The lowest BCUT2D eigenvalue weighted by Crippen LogP contribution is -2.09. The topological polar surface area (TPSA) is 58.6 Å². The van der Waals surface area contributed by atoms with E-state index in [0.717, 1.165) is 36.6 Å². The number of nitrogens with one attached hydrogen (secondary N) is 1. The second-order valence-corrected chi connectivity index (χ2v) is 5.35. The van der Waals surface area contributed by atoms with Crippen molar-refractivity contribution in [2.24, 2.45) is 0 Å². The molecule has 1 aromatic rings. The maximum absolute atomic E-state index is 11.4. The zero-order valence-corrected chi connectivity index (χ0v) is 12.3. The third-order valence-electron chi connectivity index (χ3n) is 2.63. The Morgan fingerprint density at radius 3 is 2.84 bits per heavy atom. The number of carboxylic acid groups (broad SMARTS) is 1. The Morgan fingerprint density at radius 2 is 2.21 bits per heavy atom. The summed E-state index contributed by atoms with van der Waals surface area (Å²) in [5.74, 6) is -0.0201. The van der Waals surface area contributed by atoms with Crippen LogP contribution in [0.25, 0.3) is 0 Å². The molecule has 0 bridgehead atoms. The number of carboxylic acids is 1. The molecule has 0 saturated carbocycles. The Bertz CT molecular complexity index is 410. The average molecular weight is 283 g/mol. The van der Waals surface area contributed by atoms with Crippen LogP contribution in [0.4, 0.5) is 5.69 Å². The van der Waals surface area contributed by atoms with Crippen molar-refractivity contribution in [3.63, 3.8) is 0 Å². The summed E-state index contributed by atoms with van der Waals surface area (Å²) in [7, 11) is 1.68. The fourth-order valence-electron chi connectivity index (χ4n) is 1.77. The zero-order chi connectivity index (χ0) is 14.1. The van der Waals surface area contributed by atoms with Crippen LogP contribution < -0.4 is 5.32 Å². The lowest BCUT2D eigenvalue weighted by molar-refractivity contribution is 0.0694. The minimum absolute atomic E-state index is 0.376. The lowest BCUT2D eigenvalue weighted by Gasteiger charge is -2.12. The number of thioether (sulfide) groups is 1. The predicted molar refractivity (Wildman–Crippen MR) is 79.4 cm³/mol. The van der Waals surface area contributed by atoms with Crippen LogP contribution in [0.5, 0.6) is 0 Å². The van der Waals surface area contributed by atoms with Crippen molar-refractivity contribution in [3.8, 4) is 0 Å². The Hall–Kier alpha value is -1.20. The third-order valence-corrected chi connectivity index (χ3v) is 3.57. The molecule has 0 aliphatic heterocycles. The summed E-state index contributed by atoms with van der Waals surface area (Å²) in [4.78, 5) is 12.2. The first-order valence-corrected chi connectivity index (χ1v) is 7.41. The first-order chi connectivity index (χ1) is 9.20. The van der Waals surface area contributed by atoms with Gasteiger partial charge in [0.1, 0.15) is 0 Å². The molecule has 0 aliphatic carbocycles. The SMILES string of the molecule is CCSc1cccc(NCCCCOC)c1C(=O)O. The molecule has 0 amide bonds. The van der Waals surface area contributed by atoms with Crippen LogP contribution in [0, 0.1) is 0 Å². The Kier molecular flexibility index (Phi) is 7.36. The summed E-state index contributed by atoms with van der Waals surface area (Å²) in [6.45, 7) is 3.50. The van der Waals surface area contributed by atoms with Gasteiger partial charge in [-0.2, -0.15) is 0 Å². The van der Waals surface area contributed by atoms with Gasteiger partial charge >= 0.3 is 5.97 Å². The molecular formula is C14H21NO3S. The van der Waals surface area contributed by atoms with Crippen molar-refractivity contribution in [1.82, 2.24) is 0 Å². The van der Waals surface area contributed by atoms with Crippen molar-refractivity contribution in [3.05, 3.63) is 23.8 Å². The first-order valence-electron chi connectivity index (χ1n) is 6.42. The van der Waals surface area contributed by atoms with Gasteiger partial charge in [0, 0.05) is 30.8 Å². The van der Waals surface area contributed by atoms with E-state index in [2.05, 4.69) is 5.32 Å². The molecule has 5 heteroatoms. The van der Waals surface area contributed by atoms with Crippen molar-refractivity contribution < 1.29 is 14.6 Å². The highest BCUT2D eigenvalue weighted by Gasteiger charge is 2.14.